The van der Waals surface area contributed by atoms with Gasteiger partial charge in [0.05, 0.1) is 18.2 Å². The zero-order valence-electron chi connectivity index (χ0n) is 20.2. The van der Waals surface area contributed by atoms with E-state index >= 15 is 0 Å². The second-order valence-electron chi connectivity index (χ2n) is 9.02. The van der Waals surface area contributed by atoms with Crippen molar-refractivity contribution in [2.24, 2.45) is 0 Å². The highest BCUT2D eigenvalue weighted by Crippen LogP contribution is 2.35. The van der Waals surface area contributed by atoms with Crippen LogP contribution < -0.4 is 4.74 Å². The molecular weight excluding hydrogens is 444 g/mol. The number of unbranched alkanes of at least 4 members (excludes halogenated alkanes) is 1. The average molecular weight is 479 g/mol. The molecule has 0 aromatic heterocycles. The molecule has 4 rings (SSSR count). The van der Waals surface area contributed by atoms with Gasteiger partial charge in [0.15, 0.2) is 0 Å². The van der Waals surface area contributed by atoms with Gasteiger partial charge in [-0.2, -0.15) is 0 Å². The Hall–Kier alpha value is -2.53. The molecule has 3 aromatic carbocycles. The first-order valence-electron chi connectivity index (χ1n) is 12.3. The minimum absolute atomic E-state index is 0.103. The first-order valence-corrected chi connectivity index (χ1v) is 12.6. The molecule has 1 saturated heterocycles. The summed E-state index contributed by atoms with van der Waals surface area (Å²) in [5, 5.41) is 14.1. The molecule has 0 amide bonds. The molecular formula is C29H35ClN2O2. The number of ether oxygens (including phenoxy) is 1. The number of aliphatic hydroxyl groups excluding tert-OH is 1. The van der Waals surface area contributed by atoms with Gasteiger partial charge in [-0.05, 0) is 47.3 Å². The van der Waals surface area contributed by atoms with Crippen LogP contribution in [-0.4, -0.2) is 54.2 Å². The van der Waals surface area contributed by atoms with E-state index in [0.29, 0.717) is 10.8 Å². The number of fused-ring (bicyclic) bond motifs is 1. The monoisotopic (exact) mass is 478 g/mol. The predicted octanol–water partition coefficient (Wildman–Crippen LogP) is 6.38. The lowest BCUT2D eigenvalue weighted by Gasteiger charge is -2.41. The number of methoxy groups -OCH3 is 1. The minimum Gasteiger partial charge on any atom is -0.495 e. The number of benzene rings is 3. The molecule has 3 aromatic rings. The molecule has 0 bridgehead atoms. The van der Waals surface area contributed by atoms with Gasteiger partial charge in [0.1, 0.15) is 5.75 Å². The van der Waals surface area contributed by atoms with Crippen LogP contribution in [0.5, 0.6) is 5.75 Å². The lowest BCUT2D eigenvalue weighted by molar-refractivity contribution is 0.0208. The summed E-state index contributed by atoms with van der Waals surface area (Å²) >= 11 is 6.50. The molecule has 1 heterocycles. The van der Waals surface area contributed by atoms with Crippen LogP contribution in [0.2, 0.25) is 5.02 Å². The number of piperazine rings is 1. The SMILES string of the molecule is CCCC[C@@H]([C@@H](O)c1ccc2c(Cl)c(OC)ccc2c1)N1CCN(/C=C/c2ccccc2)CC1. The summed E-state index contributed by atoms with van der Waals surface area (Å²) in [4.78, 5) is 4.84. The van der Waals surface area contributed by atoms with Crippen molar-refractivity contribution in [2.45, 2.75) is 38.3 Å². The molecule has 0 aliphatic carbocycles. The zero-order valence-corrected chi connectivity index (χ0v) is 20.9. The molecule has 1 aliphatic heterocycles. The van der Waals surface area contributed by atoms with Crippen LogP contribution in [0.1, 0.15) is 43.4 Å². The fraction of sp³-hybridized carbons (Fsp3) is 0.379. The summed E-state index contributed by atoms with van der Waals surface area (Å²) in [5.41, 5.74) is 2.16. The van der Waals surface area contributed by atoms with E-state index in [0.717, 1.165) is 61.8 Å². The number of hydrogen-bond acceptors (Lipinski definition) is 4. The molecule has 0 spiro atoms. The van der Waals surface area contributed by atoms with Crippen LogP contribution in [0.3, 0.4) is 0 Å². The van der Waals surface area contributed by atoms with Gasteiger partial charge < -0.3 is 14.7 Å². The summed E-state index contributed by atoms with van der Waals surface area (Å²) in [7, 11) is 1.63. The van der Waals surface area contributed by atoms with Gasteiger partial charge in [0.2, 0.25) is 0 Å². The second-order valence-corrected chi connectivity index (χ2v) is 9.39. The van der Waals surface area contributed by atoms with E-state index < -0.39 is 6.10 Å². The van der Waals surface area contributed by atoms with E-state index in [4.69, 9.17) is 16.3 Å². The molecule has 1 fully saturated rings. The topological polar surface area (TPSA) is 35.9 Å². The van der Waals surface area contributed by atoms with Gasteiger partial charge in [-0.3, -0.25) is 4.90 Å². The molecule has 0 unspecified atom stereocenters. The quantitative estimate of drug-likeness (QED) is 0.387. The van der Waals surface area contributed by atoms with Crippen LogP contribution in [-0.2, 0) is 0 Å². The number of nitrogens with zero attached hydrogens (tertiary/aromatic N) is 2. The summed E-state index contributed by atoms with van der Waals surface area (Å²) in [6, 6.07) is 20.5. The van der Waals surface area contributed by atoms with Crippen LogP contribution in [0.25, 0.3) is 16.8 Å². The second kappa shape index (κ2) is 11.7. The van der Waals surface area contributed by atoms with Crippen LogP contribution in [0.4, 0.5) is 0 Å². The van der Waals surface area contributed by atoms with Gasteiger partial charge >= 0.3 is 0 Å². The van der Waals surface area contributed by atoms with Gasteiger partial charge in [-0.15, -0.1) is 0 Å². The summed E-state index contributed by atoms with van der Waals surface area (Å²) in [6.07, 6.45) is 7.05. The fourth-order valence-corrected chi connectivity index (χ4v) is 5.09. The highest BCUT2D eigenvalue weighted by atomic mass is 35.5. The Morgan fingerprint density at radius 1 is 1.03 bits per heavy atom. The summed E-state index contributed by atoms with van der Waals surface area (Å²) in [6.45, 7) is 6.03. The van der Waals surface area contributed by atoms with E-state index in [-0.39, 0.29) is 6.04 Å². The van der Waals surface area contributed by atoms with Crippen LogP contribution in [0.15, 0.2) is 66.9 Å². The maximum atomic E-state index is 11.5. The Kier molecular flexibility index (Phi) is 8.49. The summed E-state index contributed by atoms with van der Waals surface area (Å²) < 4.78 is 5.35. The normalized spacial score (nSPS) is 16.8. The van der Waals surface area contributed by atoms with Gasteiger partial charge in [0.25, 0.3) is 0 Å². The third kappa shape index (κ3) is 5.75. The van der Waals surface area contributed by atoms with E-state index in [9.17, 15) is 5.11 Å². The lowest BCUT2D eigenvalue weighted by atomic mass is 9.94. The molecule has 0 saturated carbocycles. The molecule has 4 nitrogen and oxygen atoms in total. The standard InChI is InChI=1S/C29H35ClN2O2/c1-3-4-10-26(32-19-17-31(18-20-32)16-15-22-8-6-5-7-9-22)29(33)24-11-13-25-23(21-24)12-14-27(34-2)28(25)30/h5-9,11-16,21,26,29,33H,3-4,10,17-20H2,1-2H3/b16-15+/t26-,29-/m0/s1. The average Bonchev–Trinajstić information content (AvgIpc) is 2.89. The third-order valence-corrected chi connectivity index (χ3v) is 7.21. The Morgan fingerprint density at radius 2 is 1.79 bits per heavy atom. The molecule has 1 N–H and O–H groups in total. The maximum absolute atomic E-state index is 11.5. The van der Waals surface area contributed by atoms with Crippen molar-refractivity contribution in [1.29, 1.82) is 0 Å². The third-order valence-electron chi connectivity index (χ3n) is 6.82. The highest BCUT2D eigenvalue weighted by molar-refractivity contribution is 6.37. The van der Waals surface area contributed by atoms with E-state index in [1.165, 1.54) is 5.56 Å². The molecule has 2 atom stereocenters. The molecule has 5 heteroatoms. The Labute approximate surface area is 208 Å². The van der Waals surface area contributed by atoms with Crippen molar-refractivity contribution in [3.8, 4) is 5.75 Å². The van der Waals surface area contributed by atoms with Gasteiger partial charge in [0, 0.05) is 37.6 Å². The molecule has 1 aliphatic rings. The molecule has 0 radical (unpaired) electrons. The van der Waals surface area contributed by atoms with Crippen molar-refractivity contribution in [3.05, 3.63) is 83.0 Å². The van der Waals surface area contributed by atoms with Crippen molar-refractivity contribution in [2.75, 3.05) is 33.3 Å². The van der Waals surface area contributed by atoms with Crippen LogP contribution >= 0.6 is 11.6 Å². The fourth-order valence-electron chi connectivity index (χ4n) is 4.78. The number of hydrogen-bond donors (Lipinski definition) is 1. The minimum atomic E-state index is -0.539. The van der Waals surface area contributed by atoms with Gasteiger partial charge in [-0.25, -0.2) is 0 Å². The van der Waals surface area contributed by atoms with E-state index in [1.54, 1.807) is 7.11 Å². The van der Waals surface area contributed by atoms with Crippen molar-refractivity contribution in [3.63, 3.8) is 0 Å². The number of aliphatic hydroxyl groups is 1. The Balaban J connectivity index is 1.46. The summed E-state index contributed by atoms with van der Waals surface area (Å²) in [5.74, 6) is 0.669. The first kappa shape index (κ1) is 24.6. The highest BCUT2D eigenvalue weighted by Gasteiger charge is 2.29. The molecule has 180 valence electrons. The lowest BCUT2D eigenvalue weighted by Crippen LogP contribution is -2.50. The van der Waals surface area contributed by atoms with E-state index in [1.807, 2.05) is 30.3 Å². The molecule has 34 heavy (non-hydrogen) atoms. The Bertz CT molecular complexity index is 1090. The van der Waals surface area contributed by atoms with Gasteiger partial charge in [-0.1, -0.05) is 79.9 Å². The maximum Gasteiger partial charge on any atom is 0.138 e. The largest absolute Gasteiger partial charge is 0.495 e. The number of halogens is 1. The zero-order chi connectivity index (χ0) is 23.9. The number of rotatable bonds is 9. The van der Waals surface area contributed by atoms with Crippen molar-refractivity contribution < 1.29 is 9.84 Å². The Morgan fingerprint density at radius 3 is 2.50 bits per heavy atom. The van der Waals surface area contributed by atoms with E-state index in [2.05, 4.69) is 59.3 Å². The van der Waals surface area contributed by atoms with Crippen LogP contribution in [0, 0.1) is 0 Å². The smallest absolute Gasteiger partial charge is 0.138 e. The van der Waals surface area contributed by atoms with Crippen molar-refractivity contribution >= 4 is 28.4 Å². The van der Waals surface area contributed by atoms with Crippen molar-refractivity contribution in [1.82, 2.24) is 9.80 Å². The first-order chi connectivity index (χ1) is 16.6. The predicted molar refractivity (Wildman–Crippen MR) is 142 cm³/mol.